The number of nitrogens with two attached hydrogens (primary N) is 1. The van der Waals surface area contributed by atoms with Gasteiger partial charge in [0.25, 0.3) is 0 Å². The molecule has 1 aromatic heterocycles. The Hall–Kier alpha value is -1.09. The summed E-state index contributed by atoms with van der Waals surface area (Å²) in [7, 11) is 0. The van der Waals surface area contributed by atoms with E-state index in [1.54, 1.807) is 0 Å². The fourth-order valence-corrected chi connectivity index (χ4v) is 2.42. The molecular weight excluding hydrogens is 186 g/mol. The van der Waals surface area contributed by atoms with E-state index in [0.29, 0.717) is 12.0 Å². The van der Waals surface area contributed by atoms with Crippen LogP contribution in [-0.4, -0.2) is 24.1 Å². The highest BCUT2D eigenvalue weighted by atomic mass is 15.2. The third-order valence-electron chi connectivity index (χ3n) is 3.02. The van der Waals surface area contributed by atoms with E-state index in [0.717, 1.165) is 19.5 Å². The van der Waals surface area contributed by atoms with Gasteiger partial charge in [-0.2, -0.15) is 0 Å². The minimum Gasteiger partial charge on any atom is -0.369 e. The van der Waals surface area contributed by atoms with Crippen molar-refractivity contribution < 1.29 is 0 Å². The number of pyridine rings is 1. The van der Waals surface area contributed by atoms with Gasteiger partial charge in [-0.3, -0.25) is 4.98 Å². The lowest BCUT2D eigenvalue weighted by molar-refractivity contribution is 0.401. The van der Waals surface area contributed by atoms with Gasteiger partial charge >= 0.3 is 0 Å². The van der Waals surface area contributed by atoms with Crippen molar-refractivity contribution in [3.05, 3.63) is 24.0 Å². The second-order valence-electron chi connectivity index (χ2n) is 4.67. The maximum atomic E-state index is 6.05. The number of aryl methyl sites for hydroxylation is 1. The van der Waals surface area contributed by atoms with Crippen LogP contribution in [0.3, 0.4) is 0 Å². The number of nitrogens with zero attached hydrogens (tertiary/aromatic N) is 2. The van der Waals surface area contributed by atoms with Gasteiger partial charge in [0, 0.05) is 37.2 Å². The van der Waals surface area contributed by atoms with E-state index >= 15 is 0 Å². The molecule has 0 aromatic carbocycles. The van der Waals surface area contributed by atoms with Crippen molar-refractivity contribution in [1.29, 1.82) is 0 Å². The molecule has 2 heterocycles. The maximum absolute atomic E-state index is 6.05. The first kappa shape index (κ1) is 10.4. The van der Waals surface area contributed by atoms with E-state index in [2.05, 4.69) is 29.8 Å². The molecule has 0 spiro atoms. The van der Waals surface area contributed by atoms with Gasteiger partial charge < -0.3 is 10.6 Å². The molecule has 0 bridgehead atoms. The highest BCUT2D eigenvalue weighted by Gasteiger charge is 2.22. The zero-order chi connectivity index (χ0) is 10.8. The Labute approximate surface area is 91.3 Å². The average Bonchev–Trinajstić information content (AvgIpc) is 2.16. The SMILES string of the molecule is Cc1cnccc1N1C[C@@H](C)C[C@@H](N)C1. The van der Waals surface area contributed by atoms with Crippen LogP contribution in [0.1, 0.15) is 18.9 Å². The fraction of sp³-hybridized carbons (Fsp3) is 0.583. The molecule has 0 aliphatic carbocycles. The van der Waals surface area contributed by atoms with Crippen LogP contribution in [0.4, 0.5) is 5.69 Å². The molecule has 82 valence electrons. The summed E-state index contributed by atoms with van der Waals surface area (Å²) in [6, 6.07) is 2.39. The van der Waals surface area contributed by atoms with Crippen molar-refractivity contribution in [2.45, 2.75) is 26.3 Å². The topological polar surface area (TPSA) is 42.2 Å². The summed E-state index contributed by atoms with van der Waals surface area (Å²) in [5, 5.41) is 0. The number of aromatic nitrogens is 1. The Bertz CT molecular complexity index is 327. The van der Waals surface area contributed by atoms with Gasteiger partial charge in [0.1, 0.15) is 0 Å². The Kier molecular flexibility index (Phi) is 2.91. The van der Waals surface area contributed by atoms with Crippen molar-refractivity contribution in [3.8, 4) is 0 Å². The molecule has 3 heteroatoms. The minimum absolute atomic E-state index is 0.307. The van der Waals surface area contributed by atoms with Crippen molar-refractivity contribution in [2.24, 2.45) is 11.7 Å². The summed E-state index contributed by atoms with van der Waals surface area (Å²) in [5.74, 6) is 0.682. The Morgan fingerprint density at radius 3 is 2.93 bits per heavy atom. The first-order valence-corrected chi connectivity index (χ1v) is 5.58. The lowest BCUT2D eigenvalue weighted by atomic mass is 9.96. The van der Waals surface area contributed by atoms with Crippen LogP contribution in [0.5, 0.6) is 0 Å². The first-order valence-electron chi connectivity index (χ1n) is 5.58. The summed E-state index contributed by atoms with van der Waals surface area (Å²) in [6.07, 6.45) is 4.91. The Balaban J connectivity index is 2.20. The third-order valence-corrected chi connectivity index (χ3v) is 3.02. The second kappa shape index (κ2) is 4.19. The normalized spacial score (nSPS) is 26.7. The molecule has 0 amide bonds. The van der Waals surface area contributed by atoms with Crippen LogP contribution in [0.15, 0.2) is 18.5 Å². The predicted molar refractivity (Wildman–Crippen MR) is 62.9 cm³/mol. The fourth-order valence-electron chi connectivity index (χ4n) is 2.42. The predicted octanol–water partition coefficient (Wildman–Crippen LogP) is 1.56. The highest BCUT2D eigenvalue weighted by Crippen LogP contribution is 2.24. The van der Waals surface area contributed by atoms with E-state index in [-0.39, 0.29) is 0 Å². The second-order valence-corrected chi connectivity index (χ2v) is 4.67. The van der Waals surface area contributed by atoms with Gasteiger partial charge in [-0.25, -0.2) is 0 Å². The number of hydrogen-bond donors (Lipinski definition) is 1. The summed E-state index contributed by atoms with van der Waals surface area (Å²) in [5.41, 5.74) is 8.56. The van der Waals surface area contributed by atoms with Crippen molar-refractivity contribution >= 4 is 5.69 Å². The van der Waals surface area contributed by atoms with E-state index in [1.165, 1.54) is 11.3 Å². The molecule has 2 atom stereocenters. The van der Waals surface area contributed by atoms with Crippen LogP contribution in [-0.2, 0) is 0 Å². The molecular formula is C12H19N3. The van der Waals surface area contributed by atoms with Crippen LogP contribution in [0, 0.1) is 12.8 Å². The van der Waals surface area contributed by atoms with Crippen LogP contribution >= 0.6 is 0 Å². The highest BCUT2D eigenvalue weighted by molar-refractivity contribution is 5.52. The Morgan fingerprint density at radius 1 is 1.47 bits per heavy atom. The summed E-state index contributed by atoms with van der Waals surface area (Å²) in [6.45, 7) is 6.45. The van der Waals surface area contributed by atoms with Gasteiger partial charge in [0.15, 0.2) is 0 Å². The van der Waals surface area contributed by atoms with Gasteiger partial charge in [0.2, 0.25) is 0 Å². The van der Waals surface area contributed by atoms with E-state index < -0.39 is 0 Å². The third kappa shape index (κ3) is 2.29. The van der Waals surface area contributed by atoms with Crippen molar-refractivity contribution in [1.82, 2.24) is 4.98 Å². The monoisotopic (exact) mass is 205 g/mol. The average molecular weight is 205 g/mol. The number of anilines is 1. The number of rotatable bonds is 1. The van der Waals surface area contributed by atoms with Crippen LogP contribution in [0.2, 0.25) is 0 Å². The van der Waals surface area contributed by atoms with E-state index in [1.807, 2.05) is 12.4 Å². The minimum atomic E-state index is 0.307. The van der Waals surface area contributed by atoms with Gasteiger partial charge in [-0.15, -0.1) is 0 Å². The quantitative estimate of drug-likeness (QED) is 0.756. The van der Waals surface area contributed by atoms with Gasteiger partial charge in [-0.05, 0) is 30.9 Å². The van der Waals surface area contributed by atoms with Crippen LogP contribution < -0.4 is 10.6 Å². The molecule has 2 N–H and O–H groups in total. The smallest absolute Gasteiger partial charge is 0.0427 e. The first-order chi connectivity index (χ1) is 7.16. The molecule has 0 saturated carbocycles. The lowest BCUT2D eigenvalue weighted by Crippen LogP contribution is -2.46. The molecule has 3 nitrogen and oxygen atoms in total. The van der Waals surface area contributed by atoms with Crippen molar-refractivity contribution in [2.75, 3.05) is 18.0 Å². The molecule has 2 rings (SSSR count). The molecule has 1 aromatic rings. The van der Waals surface area contributed by atoms with Crippen LogP contribution in [0.25, 0.3) is 0 Å². The van der Waals surface area contributed by atoms with Crippen molar-refractivity contribution in [3.63, 3.8) is 0 Å². The number of hydrogen-bond acceptors (Lipinski definition) is 3. The van der Waals surface area contributed by atoms with Gasteiger partial charge in [0.05, 0.1) is 0 Å². The molecule has 1 fully saturated rings. The Morgan fingerprint density at radius 2 is 2.27 bits per heavy atom. The maximum Gasteiger partial charge on any atom is 0.0427 e. The van der Waals surface area contributed by atoms with E-state index in [4.69, 9.17) is 5.73 Å². The summed E-state index contributed by atoms with van der Waals surface area (Å²) in [4.78, 5) is 6.50. The zero-order valence-corrected chi connectivity index (χ0v) is 9.48. The molecule has 15 heavy (non-hydrogen) atoms. The lowest BCUT2D eigenvalue weighted by Gasteiger charge is -2.37. The number of piperidine rings is 1. The molecule has 0 unspecified atom stereocenters. The largest absolute Gasteiger partial charge is 0.369 e. The van der Waals surface area contributed by atoms with Gasteiger partial charge in [-0.1, -0.05) is 6.92 Å². The molecule has 1 saturated heterocycles. The molecule has 1 aliphatic rings. The molecule has 0 radical (unpaired) electrons. The standard InChI is InChI=1S/C12H19N3/c1-9-5-11(13)8-15(7-9)12-3-4-14-6-10(12)2/h3-4,6,9,11H,5,7-8,13H2,1-2H3/t9-,11+/m0/s1. The van der Waals surface area contributed by atoms with E-state index in [9.17, 15) is 0 Å². The zero-order valence-electron chi connectivity index (χ0n) is 9.48. The summed E-state index contributed by atoms with van der Waals surface area (Å²) < 4.78 is 0. The summed E-state index contributed by atoms with van der Waals surface area (Å²) >= 11 is 0. The molecule has 1 aliphatic heterocycles.